The Labute approximate surface area is 152 Å². The Balaban J connectivity index is 2.19. The number of ketones is 1. The largest absolute Gasteiger partial charge is 0.454 e. The van der Waals surface area contributed by atoms with Crippen LogP contribution in [-0.4, -0.2) is 37.4 Å². The first-order valence-corrected chi connectivity index (χ1v) is 9.45. The lowest BCUT2D eigenvalue weighted by atomic mass is 10.0. The van der Waals surface area contributed by atoms with E-state index in [2.05, 4.69) is 13.8 Å². The minimum absolute atomic E-state index is 0.0115. The molecule has 1 aliphatic rings. The third-order valence-electron chi connectivity index (χ3n) is 4.41. The highest BCUT2D eigenvalue weighted by Crippen LogP contribution is 2.18. The van der Waals surface area contributed by atoms with Crippen LogP contribution in [0.2, 0.25) is 0 Å². The Morgan fingerprint density at radius 1 is 1.24 bits per heavy atom. The molecule has 0 bridgehead atoms. The normalized spacial score (nSPS) is 20.8. The van der Waals surface area contributed by atoms with Gasteiger partial charge in [-0.3, -0.25) is 9.59 Å². The van der Waals surface area contributed by atoms with E-state index in [9.17, 15) is 9.59 Å². The predicted molar refractivity (Wildman–Crippen MR) is 97.2 cm³/mol. The summed E-state index contributed by atoms with van der Waals surface area (Å²) in [5.41, 5.74) is 1.22. The second-order valence-corrected chi connectivity index (χ2v) is 7.12. The highest BCUT2D eigenvalue weighted by Gasteiger charge is 2.16. The zero-order chi connectivity index (χ0) is 18.7. The topological polar surface area (TPSA) is 61.8 Å². The molecule has 0 N–H and O–H groups in total. The fourth-order valence-electron chi connectivity index (χ4n) is 2.83. The van der Waals surface area contributed by atoms with E-state index in [-0.39, 0.29) is 12.1 Å². The third kappa shape index (κ3) is 10.4. The Morgan fingerprint density at radius 2 is 2.00 bits per heavy atom. The first-order chi connectivity index (χ1) is 11.9. The summed E-state index contributed by atoms with van der Waals surface area (Å²) in [5, 5.41) is 0. The van der Waals surface area contributed by atoms with Crippen LogP contribution in [0.3, 0.4) is 0 Å². The van der Waals surface area contributed by atoms with Gasteiger partial charge in [0, 0.05) is 20.0 Å². The number of hydrogen-bond acceptors (Lipinski definition) is 5. The summed E-state index contributed by atoms with van der Waals surface area (Å²) in [4.78, 5) is 22.5. The number of Topliss-reactive ketones (excluding diaryl/α,β-unsaturated/α-hetero) is 1. The van der Waals surface area contributed by atoms with Crippen LogP contribution in [0, 0.1) is 5.92 Å². The van der Waals surface area contributed by atoms with E-state index < -0.39 is 12.1 Å². The molecule has 0 aromatic heterocycles. The number of carbonyl (C=O) groups excluding carboxylic acids is 2. The van der Waals surface area contributed by atoms with Gasteiger partial charge in [-0.1, -0.05) is 18.6 Å². The SMILES string of the molecule is CC(=O)OC(CC=C(C)CCCC(C)COC1CCCCO1)C(C)=O. The molecule has 0 saturated carbocycles. The van der Waals surface area contributed by atoms with Gasteiger partial charge in [-0.05, 0) is 58.3 Å². The van der Waals surface area contributed by atoms with Crippen molar-refractivity contribution in [3.05, 3.63) is 11.6 Å². The number of hydrogen-bond donors (Lipinski definition) is 0. The van der Waals surface area contributed by atoms with Crippen LogP contribution < -0.4 is 0 Å². The second kappa shape index (κ2) is 12.2. The molecule has 1 fully saturated rings. The fraction of sp³-hybridized carbons (Fsp3) is 0.800. The number of carbonyl (C=O) groups is 2. The Morgan fingerprint density at radius 3 is 2.60 bits per heavy atom. The molecule has 0 spiro atoms. The minimum atomic E-state index is -0.657. The Bertz CT molecular complexity index is 437. The van der Waals surface area contributed by atoms with Crippen LogP contribution in [0.15, 0.2) is 11.6 Å². The summed E-state index contributed by atoms with van der Waals surface area (Å²) in [6.45, 7) is 8.60. The van der Waals surface area contributed by atoms with Gasteiger partial charge in [0.2, 0.25) is 0 Å². The van der Waals surface area contributed by atoms with Crippen LogP contribution in [0.5, 0.6) is 0 Å². The number of esters is 1. The summed E-state index contributed by atoms with van der Waals surface area (Å²) in [7, 11) is 0. The molecule has 0 aliphatic carbocycles. The van der Waals surface area contributed by atoms with E-state index >= 15 is 0 Å². The molecule has 0 aromatic rings. The van der Waals surface area contributed by atoms with Crippen molar-refractivity contribution in [1.29, 1.82) is 0 Å². The van der Waals surface area contributed by atoms with Crippen molar-refractivity contribution < 1.29 is 23.8 Å². The summed E-state index contributed by atoms with van der Waals surface area (Å²) in [6.07, 6.45) is 8.29. The molecule has 5 heteroatoms. The van der Waals surface area contributed by atoms with Gasteiger partial charge in [-0.2, -0.15) is 0 Å². The number of ether oxygens (including phenoxy) is 3. The molecular formula is C20H34O5. The van der Waals surface area contributed by atoms with Crippen LogP contribution in [0.4, 0.5) is 0 Å². The van der Waals surface area contributed by atoms with Crippen LogP contribution in [0.25, 0.3) is 0 Å². The van der Waals surface area contributed by atoms with Crippen molar-refractivity contribution in [3.8, 4) is 0 Å². The van der Waals surface area contributed by atoms with Crippen molar-refractivity contribution in [2.75, 3.05) is 13.2 Å². The van der Waals surface area contributed by atoms with E-state index in [0.29, 0.717) is 12.3 Å². The maximum absolute atomic E-state index is 11.5. The van der Waals surface area contributed by atoms with Gasteiger partial charge in [0.15, 0.2) is 18.2 Å². The molecule has 0 aromatic carbocycles. The van der Waals surface area contributed by atoms with E-state index in [0.717, 1.165) is 45.3 Å². The van der Waals surface area contributed by atoms with Gasteiger partial charge in [0.05, 0.1) is 6.61 Å². The monoisotopic (exact) mass is 354 g/mol. The van der Waals surface area contributed by atoms with Gasteiger partial charge in [-0.15, -0.1) is 0 Å². The number of allylic oxidation sites excluding steroid dienone is 1. The van der Waals surface area contributed by atoms with Crippen molar-refractivity contribution in [2.45, 2.75) is 85.0 Å². The molecule has 144 valence electrons. The lowest BCUT2D eigenvalue weighted by Crippen LogP contribution is -2.24. The first kappa shape index (κ1) is 21.8. The molecule has 5 nitrogen and oxygen atoms in total. The molecule has 3 unspecified atom stereocenters. The van der Waals surface area contributed by atoms with Crippen molar-refractivity contribution >= 4 is 11.8 Å². The third-order valence-corrected chi connectivity index (χ3v) is 4.41. The molecular weight excluding hydrogens is 320 g/mol. The van der Waals surface area contributed by atoms with E-state index in [4.69, 9.17) is 14.2 Å². The maximum Gasteiger partial charge on any atom is 0.303 e. The molecule has 0 amide bonds. The average Bonchev–Trinajstić information content (AvgIpc) is 2.57. The number of rotatable bonds is 11. The van der Waals surface area contributed by atoms with Gasteiger partial charge in [0.1, 0.15) is 0 Å². The maximum atomic E-state index is 11.5. The lowest BCUT2D eigenvalue weighted by molar-refractivity contribution is -0.168. The first-order valence-electron chi connectivity index (χ1n) is 9.45. The van der Waals surface area contributed by atoms with Crippen LogP contribution in [-0.2, 0) is 23.8 Å². The highest BCUT2D eigenvalue weighted by molar-refractivity contribution is 5.83. The van der Waals surface area contributed by atoms with Gasteiger partial charge in [0.25, 0.3) is 0 Å². The molecule has 0 radical (unpaired) electrons. The van der Waals surface area contributed by atoms with Gasteiger partial charge >= 0.3 is 5.97 Å². The zero-order valence-corrected chi connectivity index (χ0v) is 16.2. The Kier molecular flexibility index (Phi) is 10.7. The summed E-state index contributed by atoms with van der Waals surface area (Å²) >= 11 is 0. The van der Waals surface area contributed by atoms with E-state index in [1.165, 1.54) is 25.8 Å². The van der Waals surface area contributed by atoms with Gasteiger partial charge < -0.3 is 14.2 Å². The molecule has 25 heavy (non-hydrogen) atoms. The van der Waals surface area contributed by atoms with Crippen molar-refractivity contribution in [3.63, 3.8) is 0 Å². The molecule has 1 aliphatic heterocycles. The highest BCUT2D eigenvalue weighted by atomic mass is 16.7. The smallest absolute Gasteiger partial charge is 0.303 e. The lowest BCUT2D eigenvalue weighted by Gasteiger charge is -2.24. The standard InChI is InChI=1S/C20H34O5/c1-15(11-12-19(17(3)21)25-18(4)22)8-7-9-16(2)14-24-20-10-5-6-13-23-20/h11,16,19-20H,5-10,12-14H2,1-4H3. The average molecular weight is 354 g/mol. The van der Waals surface area contributed by atoms with Crippen molar-refractivity contribution in [1.82, 2.24) is 0 Å². The van der Waals surface area contributed by atoms with Gasteiger partial charge in [-0.25, -0.2) is 0 Å². The molecule has 1 heterocycles. The van der Waals surface area contributed by atoms with Crippen LogP contribution >= 0.6 is 0 Å². The Hall–Kier alpha value is -1.20. The fourth-order valence-corrected chi connectivity index (χ4v) is 2.83. The summed E-state index contributed by atoms with van der Waals surface area (Å²) < 4.78 is 16.4. The van der Waals surface area contributed by atoms with Crippen LogP contribution in [0.1, 0.15) is 72.6 Å². The zero-order valence-electron chi connectivity index (χ0n) is 16.2. The molecule has 3 atom stereocenters. The van der Waals surface area contributed by atoms with E-state index in [1.54, 1.807) is 0 Å². The summed E-state index contributed by atoms with van der Waals surface area (Å²) in [6, 6.07) is 0. The predicted octanol–water partition coefficient (Wildman–Crippen LogP) is 4.19. The molecule has 1 saturated heterocycles. The summed E-state index contributed by atoms with van der Waals surface area (Å²) in [5.74, 6) is -0.0266. The second-order valence-electron chi connectivity index (χ2n) is 7.12. The van der Waals surface area contributed by atoms with Crippen molar-refractivity contribution in [2.24, 2.45) is 5.92 Å². The minimum Gasteiger partial charge on any atom is -0.454 e. The van der Waals surface area contributed by atoms with E-state index in [1.807, 2.05) is 6.08 Å². The molecule has 1 rings (SSSR count). The quantitative estimate of drug-likeness (QED) is 0.411.